The molecule has 0 unspecified atom stereocenters. The SMILES string of the molecule is Nc1ncnc2c1c(NCc1ccccc1F)nn2C1CCNCC1. The number of benzene rings is 1. The predicted octanol–water partition coefficient (Wildman–Crippen LogP) is 2.08. The molecule has 4 N–H and O–H groups in total. The molecule has 25 heavy (non-hydrogen) atoms. The summed E-state index contributed by atoms with van der Waals surface area (Å²) in [4.78, 5) is 8.47. The molecule has 0 amide bonds. The van der Waals surface area contributed by atoms with E-state index in [0.29, 0.717) is 29.1 Å². The summed E-state index contributed by atoms with van der Waals surface area (Å²) < 4.78 is 15.8. The molecule has 130 valence electrons. The molecular formula is C17H20FN7. The summed E-state index contributed by atoms with van der Waals surface area (Å²) in [6, 6.07) is 6.94. The molecule has 4 rings (SSSR count). The lowest BCUT2D eigenvalue weighted by molar-refractivity contribution is 0.350. The van der Waals surface area contributed by atoms with Crippen molar-refractivity contribution in [3.63, 3.8) is 0 Å². The van der Waals surface area contributed by atoms with E-state index in [1.807, 2.05) is 10.7 Å². The van der Waals surface area contributed by atoms with Crippen LogP contribution in [0.15, 0.2) is 30.6 Å². The van der Waals surface area contributed by atoms with Crippen LogP contribution in [0.3, 0.4) is 0 Å². The highest BCUT2D eigenvalue weighted by Gasteiger charge is 2.22. The number of nitrogens with two attached hydrogens (primary N) is 1. The van der Waals surface area contributed by atoms with E-state index in [1.165, 1.54) is 12.4 Å². The van der Waals surface area contributed by atoms with Gasteiger partial charge in [0.25, 0.3) is 0 Å². The second kappa shape index (κ2) is 6.64. The molecule has 0 aliphatic carbocycles. The molecule has 7 nitrogen and oxygen atoms in total. The van der Waals surface area contributed by atoms with Crippen LogP contribution >= 0.6 is 0 Å². The number of anilines is 2. The van der Waals surface area contributed by atoms with Crippen LogP contribution in [0, 0.1) is 5.82 Å². The van der Waals surface area contributed by atoms with Gasteiger partial charge in [0.15, 0.2) is 11.5 Å². The molecule has 8 heteroatoms. The van der Waals surface area contributed by atoms with Crippen molar-refractivity contribution in [1.82, 2.24) is 25.1 Å². The number of piperidine rings is 1. The van der Waals surface area contributed by atoms with Gasteiger partial charge < -0.3 is 16.4 Å². The zero-order chi connectivity index (χ0) is 17.2. The quantitative estimate of drug-likeness (QED) is 0.673. The molecule has 0 atom stereocenters. The van der Waals surface area contributed by atoms with Crippen molar-refractivity contribution in [1.29, 1.82) is 0 Å². The Morgan fingerprint density at radius 2 is 2.04 bits per heavy atom. The molecule has 1 saturated heterocycles. The van der Waals surface area contributed by atoms with E-state index < -0.39 is 0 Å². The fourth-order valence-electron chi connectivity index (χ4n) is 3.25. The normalized spacial score (nSPS) is 15.6. The topological polar surface area (TPSA) is 93.7 Å². The minimum absolute atomic E-state index is 0.249. The Kier molecular flexibility index (Phi) is 4.19. The molecule has 3 heterocycles. The van der Waals surface area contributed by atoms with E-state index in [2.05, 4.69) is 20.6 Å². The average molecular weight is 341 g/mol. The van der Waals surface area contributed by atoms with E-state index in [1.54, 1.807) is 12.1 Å². The van der Waals surface area contributed by atoms with Crippen molar-refractivity contribution in [3.8, 4) is 0 Å². The third-order valence-corrected chi connectivity index (χ3v) is 4.58. The summed E-state index contributed by atoms with van der Waals surface area (Å²) in [7, 11) is 0. The van der Waals surface area contributed by atoms with Gasteiger partial charge in [-0.2, -0.15) is 5.10 Å². The van der Waals surface area contributed by atoms with Gasteiger partial charge in [0.2, 0.25) is 0 Å². The van der Waals surface area contributed by atoms with Gasteiger partial charge >= 0.3 is 0 Å². The van der Waals surface area contributed by atoms with Crippen molar-refractivity contribution in [3.05, 3.63) is 42.0 Å². The van der Waals surface area contributed by atoms with Crippen LogP contribution in [0.4, 0.5) is 16.0 Å². The van der Waals surface area contributed by atoms with Gasteiger partial charge in [0.05, 0.1) is 6.04 Å². The fraction of sp³-hybridized carbons (Fsp3) is 0.353. The maximum absolute atomic E-state index is 13.9. The van der Waals surface area contributed by atoms with Gasteiger partial charge in [-0.25, -0.2) is 19.0 Å². The molecule has 0 bridgehead atoms. The van der Waals surface area contributed by atoms with Crippen LogP contribution < -0.4 is 16.4 Å². The molecule has 1 aliphatic heterocycles. The standard InChI is InChI=1S/C17H20FN7/c18-13-4-2-1-3-11(13)9-21-16-14-15(19)22-10-23-17(14)25(24-16)12-5-7-20-8-6-12/h1-4,10,12,20H,5-9H2,(H,21,24)(H2,19,22,23). The molecule has 1 fully saturated rings. The largest absolute Gasteiger partial charge is 0.383 e. The highest BCUT2D eigenvalue weighted by molar-refractivity contribution is 5.95. The van der Waals surface area contributed by atoms with Crippen LogP contribution in [0.5, 0.6) is 0 Å². The summed E-state index contributed by atoms with van der Waals surface area (Å²) >= 11 is 0. The molecule has 0 spiro atoms. The Balaban J connectivity index is 1.69. The molecule has 3 aromatic rings. The van der Waals surface area contributed by atoms with Crippen molar-refractivity contribution >= 4 is 22.7 Å². The smallest absolute Gasteiger partial charge is 0.165 e. The lowest BCUT2D eigenvalue weighted by Crippen LogP contribution is -2.30. The lowest BCUT2D eigenvalue weighted by atomic mass is 10.1. The van der Waals surface area contributed by atoms with Gasteiger partial charge in [-0.05, 0) is 32.0 Å². The fourth-order valence-corrected chi connectivity index (χ4v) is 3.25. The van der Waals surface area contributed by atoms with E-state index in [9.17, 15) is 4.39 Å². The third kappa shape index (κ3) is 3.00. The monoisotopic (exact) mass is 341 g/mol. The summed E-state index contributed by atoms with van der Waals surface area (Å²) in [6.07, 6.45) is 3.42. The molecule has 1 aromatic carbocycles. The van der Waals surface area contributed by atoms with Crippen LogP contribution in [0.25, 0.3) is 11.0 Å². The Morgan fingerprint density at radius 1 is 1.24 bits per heavy atom. The number of hydrogen-bond donors (Lipinski definition) is 3. The van der Waals surface area contributed by atoms with Crippen LogP contribution in [0.1, 0.15) is 24.4 Å². The second-order valence-corrected chi connectivity index (χ2v) is 6.18. The van der Waals surface area contributed by atoms with Crippen LogP contribution in [-0.2, 0) is 6.54 Å². The summed E-state index contributed by atoms with van der Waals surface area (Å²) in [5.74, 6) is 0.720. The van der Waals surface area contributed by atoms with Crippen molar-refractivity contribution in [2.75, 3.05) is 24.1 Å². The first kappa shape index (κ1) is 15.8. The molecular weight excluding hydrogens is 321 g/mol. The van der Waals surface area contributed by atoms with Crippen molar-refractivity contribution in [2.24, 2.45) is 0 Å². The number of hydrogen-bond acceptors (Lipinski definition) is 6. The Labute approximate surface area is 144 Å². The van der Waals surface area contributed by atoms with Gasteiger partial charge in [-0.15, -0.1) is 0 Å². The van der Waals surface area contributed by atoms with Crippen molar-refractivity contribution in [2.45, 2.75) is 25.4 Å². The molecule has 2 aromatic heterocycles. The molecule has 1 aliphatic rings. The number of halogens is 1. The lowest BCUT2D eigenvalue weighted by Gasteiger charge is -2.23. The average Bonchev–Trinajstić information content (AvgIpc) is 3.02. The van der Waals surface area contributed by atoms with Gasteiger partial charge in [-0.3, -0.25) is 0 Å². The van der Waals surface area contributed by atoms with Crippen LogP contribution in [-0.4, -0.2) is 32.8 Å². The minimum atomic E-state index is -0.249. The molecule has 0 saturated carbocycles. The maximum Gasteiger partial charge on any atom is 0.165 e. The van der Waals surface area contributed by atoms with Crippen molar-refractivity contribution < 1.29 is 4.39 Å². The van der Waals surface area contributed by atoms with Gasteiger partial charge in [-0.1, -0.05) is 18.2 Å². The zero-order valence-corrected chi connectivity index (χ0v) is 13.7. The van der Waals surface area contributed by atoms with Crippen LogP contribution in [0.2, 0.25) is 0 Å². The molecule has 0 radical (unpaired) electrons. The summed E-state index contributed by atoms with van der Waals surface area (Å²) in [5, 5.41) is 11.9. The van der Waals surface area contributed by atoms with Gasteiger partial charge in [0, 0.05) is 12.1 Å². The van der Waals surface area contributed by atoms with E-state index in [4.69, 9.17) is 10.8 Å². The third-order valence-electron chi connectivity index (χ3n) is 4.58. The number of nitrogens with one attached hydrogen (secondary N) is 2. The first-order valence-electron chi connectivity index (χ1n) is 8.40. The minimum Gasteiger partial charge on any atom is -0.383 e. The Bertz CT molecular complexity index is 886. The number of nitrogen functional groups attached to an aromatic ring is 1. The number of aromatic nitrogens is 4. The summed E-state index contributed by atoms with van der Waals surface area (Å²) in [5.41, 5.74) is 7.36. The zero-order valence-electron chi connectivity index (χ0n) is 13.7. The van der Waals surface area contributed by atoms with Gasteiger partial charge in [0.1, 0.15) is 23.3 Å². The first-order chi connectivity index (χ1) is 12.2. The number of fused-ring (bicyclic) bond motifs is 1. The Hall–Kier alpha value is -2.74. The summed E-state index contributed by atoms with van der Waals surface area (Å²) in [6.45, 7) is 2.22. The first-order valence-corrected chi connectivity index (χ1v) is 8.40. The highest BCUT2D eigenvalue weighted by Crippen LogP contribution is 2.30. The maximum atomic E-state index is 13.9. The predicted molar refractivity (Wildman–Crippen MR) is 94.6 cm³/mol. The van der Waals surface area contributed by atoms with E-state index in [-0.39, 0.29) is 11.9 Å². The second-order valence-electron chi connectivity index (χ2n) is 6.18. The highest BCUT2D eigenvalue weighted by atomic mass is 19.1. The van der Waals surface area contributed by atoms with E-state index >= 15 is 0 Å². The number of nitrogens with zero attached hydrogens (tertiary/aromatic N) is 4. The number of rotatable bonds is 4. The Morgan fingerprint density at radius 3 is 2.84 bits per heavy atom. The van der Waals surface area contributed by atoms with E-state index in [0.717, 1.165) is 31.6 Å².